The Morgan fingerprint density at radius 3 is 2.12 bits per heavy atom. The number of aryl methyl sites for hydroxylation is 2. The highest BCUT2D eigenvalue weighted by atomic mass is 19.4. The van der Waals surface area contributed by atoms with E-state index in [2.05, 4.69) is 24.0 Å². The highest BCUT2D eigenvalue weighted by molar-refractivity contribution is 6.58. The first kappa shape index (κ1) is 16.1. The van der Waals surface area contributed by atoms with Crippen LogP contribution in [-0.4, -0.2) is 11.5 Å². The Balaban J connectivity index is 0.000000302. The number of imidazole rings is 1. The van der Waals surface area contributed by atoms with E-state index in [9.17, 15) is 12.9 Å². The molecule has 0 aliphatic heterocycles. The van der Waals surface area contributed by atoms with Crippen LogP contribution in [0.4, 0.5) is 12.9 Å². The van der Waals surface area contributed by atoms with Crippen molar-refractivity contribution >= 4 is 6.98 Å². The normalized spacial score (nSPS) is 10.9. The number of halogens is 3. The number of hydrogen-bond donors (Lipinski definition) is 0. The maximum atomic E-state index is 11.4. The molecule has 1 aromatic rings. The fourth-order valence-electron chi connectivity index (χ4n) is 1.31. The zero-order valence-electron chi connectivity index (χ0n) is 10.9. The van der Waals surface area contributed by atoms with Crippen molar-refractivity contribution in [1.82, 2.24) is 4.57 Å². The fourth-order valence-corrected chi connectivity index (χ4v) is 1.31. The van der Waals surface area contributed by atoms with Crippen LogP contribution < -0.4 is 4.57 Å². The molecule has 0 fully saturated rings. The Hall–Kier alpha value is -0.935. The minimum absolute atomic E-state index is 0.306. The number of rotatable bonds is 5. The van der Waals surface area contributed by atoms with Gasteiger partial charge in [0.25, 0.3) is 0 Å². The van der Waals surface area contributed by atoms with Gasteiger partial charge in [-0.25, -0.2) is 9.13 Å². The highest BCUT2D eigenvalue weighted by Gasteiger charge is 2.20. The molecule has 0 radical (unpaired) electrons. The topological polar surface area (TPSA) is 8.81 Å². The van der Waals surface area contributed by atoms with E-state index in [1.165, 1.54) is 0 Å². The van der Waals surface area contributed by atoms with Crippen LogP contribution in [0.25, 0.3) is 0 Å². The lowest BCUT2D eigenvalue weighted by atomic mass is 9.83. The van der Waals surface area contributed by atoms with E-state index in [-0.39, 0.29) is 0 Å². The van der Waals surface area contributed by atoms with E-state index in [0.29, 0.717) is 12.8 Å². The van der Waals surface area contributed by atoms with Gasteiger partial charge in [-0.2, -0.15) is 0 Å². The predicted octanol–water partition coefficient (Wildman–Crippen LogP) is 3.36. The van der Waals surface area contributed by atoms with E-state index >= 15 is 0 Å². The second-order valence-electron chi connectivity index (χ2n) is 4.12. The van der Waals surface area contributed by atoms with Gasteiger partial charge in [-0.05, 0) is 6.92 Å². The summed E-state index contributed by atoms with van der Waals surface area (Å²) in [4.78, 5) is 0. The molecular weight excluding hydrogens is 228 g/mol. The van der Waals surface area contributed by atoms with Crippen LogP contribution in [0.2, 0.25) is 6.32 Å². The maximum Gasteiger partial charge on any atom is 0.478 e. The maximum absolute atomic E-state index is 11.4. The second kappa shape index (κ2) is 8.20. The molecule has 1 rings (SSSR count). The van der Waals surface area contributed by atoms with Gasteiger partial charge >= 0.3 is 6.98 Å². The molecule has 2 nitrogen and oxygen atoms in total. The minimum Gasteiger partial charge on any atom is -0.449 e. The van der Waals surface area contributed by atoms with Gasteiger partial charge < -0.3 is 12.9 Å². The molecule has 6 heteroatoms. The molecule has 0 amide bonds. The number of unbranched alkanes of at least 4 members (excludes halogenated alkanes) is 2. The Morgan fingerprint density at radius 1 is 1.18 bits per heavy atom. The molecule has 1 heterocycles. The first-order chi connectivity index (χ1) is 7.89. The van der Waals surface area contributed by atoms with Gasteiger partial charge in [0.15, 0.2) is 0 Å². The highest BCUT2D eigenvalue weighted by Crippen LogP contribution is 2.18. The van der Waals surface area contributed by atoms with E-state index in [0.717, 1.165) is 13.0 Å². The van der Waals surface area contributed by atoms with Crippen molar-refractivity contribution in [3.8, 4) is 0 Å². The van der Waals surface area contributed by atoms with Crippen molar-refractivity contribution in [2.24, 2.45) is 7.05 Å². The van der Waals surface area contributed by atoms with Crippen LogP contribution in [0, 0.1) is 0 Å². The second-order valence-corrected chi connectivity index (χ2v) is 4.12. The molecule has 17 heavy (non-hydrogen) atoms. The van der Waals surface area contributed by atoms with Crippen molar-refractivity contribution in [3.05, 3.63) is 18.7 Å². The van der Waals surface area contributed by atoms with Gasteiger partial charge in [0.2, 0.25) is 6.33 Å². The predicted molar refractivity (Wildman–Crippen MR) is 64.7 cm³/mol. The van der Waals surface area contributed by atoms with Gasteiger partial charge in [-0.15, -0.1) is 0 Å². The lowest BCUT2D eigenvalue weighted by Gasteiger charge is -2.11. The Kier molecular flexibility index (Phi) is 7.75. The van der Waals surface area contributed by atoms with Crippen LogP contribution in [0.15, 0.2) is 18.7 Å². The Morgan fingerprint density at radius 2 is 1.82 bits per heavy atom. The Bertz CT molecular complexity index is 297. The van der Waals surface area contributed by atoms with E-state index in [4.69, 9.17) is 0 Å². The lowest BCUT2D eigenvalue weighted by molar-refractivity contribution is -0.693. The Labute approximate surface area is 102 Å². The number of nitrogens with zero attached hydrogens (tertiary/aromatic N) is 2. The summed E-state index contributed by atoms with van der Waals surface area (Å²) in [6.07, 6.45) is 7.44. The molecule has 0 unspecified atom stereocenters. The van der Waals surface area contributed by atoms with E-state index in [1.807, 2.05) is 24.7 Å². The van der Waals surface area contributed by atoms with E-state index < -0.39 is 13.3 Å². The van der Waals surface area contributed by atoms with Crippen LogP contribution in [-0.2, 0) is 13.6 Å². The van der Waals surface area contributed by atoms with Crippen LogP contribution in [0.5, 0.6) is 0 Å². The van der Waals surface area contributed by atoms with Crippen molar-refractivity contribution in [1.29, 1.82) is 0 Å². The summed E-state index contributed by atoms with van der Waals surface area (Å²) in [5.41, 5.74) is 0. The molecule has 100 valence electrons. The fraction of sp³-hybridized carbons (Fsp3) is 0.727. The molecule has 0 aliphatic carbocycles. The average Bonchev–Trinajstić information content (AvgIpc) is 2.64. The summed E-state index contributed by atoms with van der Waals surface area (Å²) in [6, 6.07) is 0. The number of aromatic nitrogens is 2. The molecule has 0 aliphatic rings. The van der Waals surface area contributed by atoms with E-state index in [1.54, 1.807) is 0 Å². The molecule has 0 atom stereocenters. The monoisotopic (exact) mass is 250 g/mol. The minimum atomic E-state index is -4.51. The third kappa shape index (κ3) is 9.96. The quantitative estimate of drug-likeness (QED) is 0.430. The summed E-state index contributed by atoms with van der Waals surface area (Å²) < 4.78 is 38.5. The molecule has 0 bridgehead atoms. The average molecular weight is 250 g/mol. The van der Waals surface area contributed by atoms with Gasteiger partial charge in [0.05, 0.1) is 13.6 Å². The van der Waals surface area contributed by atoms with Gasteiger partial charge in [-0.1, -0.05) is 32.5 Å². The van der Waals surface area contributed by atoms with Gasteiger partial charge in [0.1, 0.15) is 12.4 Å². The molecule has 1 aromatic heterocycles. The molecular formula is C11H22BF3N2. The first-order valence-corrected chi connectivity index (χ1v) is 6.11. The van der Waals surface area contributed by atoms with Crippen LogP contribution in [0.3, 0.4) is 0 Å². The third-order valence-corrected chi connectivity index (χ3v) is 2.32. The standard InChI is InChI=1S/C6H11N2.C5H11BF3/c1-3-8-5-4-7(2)6-8;1-2-3-4-5-6(7,8)9/h4-6H,3H2,1-2H3;2-5H2,1H3/q+1;-1. The largest absolute Gasteiger partial charge is 0.478 e. The summed E-state index contributed by atoms with van der Waals surface area (Å²) in [5.74, 6) is 0. The van der Waals surface area contributed by atoms with Crippen LogP contribution >= 0.6 is 0 Å². The summed E-state index contributed by atoms with van der Waals surface area (Å²) in [5, 5.41) is 0. The zero-order valence-corrected chi connectivity index (χ0v) is 10.9. The summed E-state index contributed by atoms with van der Waals surface area (Å²) >= 11 is 0. The molecule has 0 aromatic carbocycles. The molecule has 0 saturated carbocycles. The summed E-state index contributed by atoms with van der Waals surface area (Å²) in [6.45, 7) is 0.564. The molecule has 0 saturated heterocycles. The van der Waals surface area contributed by atoms with Crippen molar-refractivity contribution in [2.45, 2.75) is 46.0 Å². The smallest absolute Gasteiger partial charge is 0.449 e. The summed E-state index contributed by atoms with van der Waals surface area (Å²) in [7, 11) is 2.02. The zero-order chi connectivity index (χ0) is 13.3. The van der Waals surface area contributed by atoms with Gasteiger partial charge in [0, 0.05) is 0 Å². The van der Waals surface area contributed by atoms with Gasteiger partial charge in [-0.3, -0.25) is 0 Å². The van der Waals surface area contributed by atoms with Crippen molar-refractivity contribution in [3.63, 3.8) is 0 Å². The van der Waals surface area contributed by atoms with Crippen molar-refractivity contribution in [2.75, 3.05) is 0 Å². The first-order valence-electron chi connectivity index (χ1n) is 6.11. The van der Waals surface area contributed by atoms with Crippen molar-refractivity contribution < 1.29 is 17.5 Å². The SMILES string of the molecule is CCCCC[B-](F)(F)F.CC[n+]1ccn(C)c1. The van der Waals surface area contributed by atoms with Crippen LogP contribution in [0.1, 0.15) is 33.1 Å². The third-order valence-electron chi connectivity index (χ3n) is 2.32. The number of hydrogen-bond acceptors (Lipinski definition) is 0. The molecule has 0 N–H and O–H groups in total. The molecule has 0 spiro atoms. The lowest BCUT2D eigenvalue weighted by Crippen LogP contribution is -2.28.